The van der Waals surface area contributed by atoms with Crippen molar-refractivity contribution in [3.63, 3.8) is 0 Å². The maximum atomic E-state index is 6.16. The zero-order valence-electron chi connectivity index (χ0n) is 16.9. The summed E-state index contributed by atoms with van der Waals surface area (Å²) in [5.74, 6) is 0.657. The van der Waals surface area contributed by atoms with E-state index < -0.39 is 0 Å². The molecule has 6 heteroatoms. The third-order valence-corrected chi connectivity index (χ3v) is 5.65. The molecule has 28 heavy (non-hydrogen) atoms. The van der Waals surface area contributed by atoms with Crippen molar-refractivity contribution in [2.45, 2.75) is 45.4 Å². The Balaban J connectivity index is 1.43. The monoisotopic (exact) mass is 381 g/mol. The summed E-state index contributed by atoms with van der Waals surface area (Å²) >= 11 is 0. The van der Waals surface area contributed by atoms with Gasteiger partial charge in [-0.1, -0.05) is 6.07 Å². The number of hydrogen-bond donors (Lipinski definition) is 1. The van der Waals surface area contributed by atoms with Gasteiger partial charge in [-0.15, -0.1) is 0 Å². The van der Waals surface area contributed by atoms with Gasteiger partial charge >= 0.3 is 0 Å². The number of nitrogens with one attached hydrogen (secondary N) is 1. The summed E-state index contributed by atoms with van der Waals surface area (Å²) in [7, 11) is 0. The molecule has 0 spiro atoms. The largest absolute Gasteiger partial charge is 0.476 e. The van der Waals surface area contributed by atoms with Gasteiger partial charge in [-0.3, -0.25) is 4.98 Å². The van der Waals surface area contributed by atoms with Gasteiger partial charge < -0.3 is 15.0 Å². The molecule has 0 aromatic carbocycles. The van der Waals surface area contributed by atoms with Crippen LogP contribution in [0.1, 0.15) is 42.6 Å². The highest BCUT2D eigenvalue weighted by molar-refractivity contribution is 5.64. The predicted octanol–water partition coefficient (Wildman–Crippen LogP) is 2.79. The molecule has 150 valence electrons. The molecular weight excluding hydrogens is 350 g/mol. The van der Waals surface area contributed by atoms with Crippen LogP contribution < -0.4 is 10.1 Å². The molecule has 0 saturated carbocycles. The van der Waals surface area contributed by atoms with E-state index in [1.54, 1.807) is 0 Å². The van der Waals surface area contributed by atoms with E-state index in [0.717, 1.165) is 86.7 Å². The quantitative estimate of drug-likeness (QED) is 0.744. The minimum absolute atomic E-state index is 0.657. The van der Waals surface area contributed by atoms with Crippen LogP contribution in [0.25, 0.3) is 11.4 Å². The number of pyridine rings is 1. The predicted molar refractivity (Wildman–Crippen MR) is 111 cm³/mol. The van der Waals surface area contributed by atoms with Crippen LogP contribution in [0.5, 0.6) is 5.88 Å². The van der Waals surface area contributed by atoms with Crippen molar-refractivity contribution in [3.05, 3.63) is 35.3 Å². The summed E-state index contributed by atoms with van der Waals surface area (Å²) in [6.45, 7) is 8.41. The van der Waals surface area contributed by atoms with Crippen molar-refractivity contribution in [2.75, 3.05) is 39.3 Å². The summed E-state index contributed by atoms with van der Waals surface area (Å²) in [5.41, 5.74) is 5.04. The first-order chi connectivity index (χ1) is 13.8. The van der Waals surface area contributed by atoms with E-state index in [1.165, 1.54) is 12.8 Å². The molecule has 6 nitrogen and oxygen atoms in total. The molecule has 1 N–H and O–H groups in total. The lowest BCUT2D eigenvalue weighted by Crippen LogP contribution is -2.43. The number of nitrogens with zero attached hydrogens (tertiary/aromatic N) is 4. The van der Waals surface area contributed by atoms with Crippen LogP contribution in [0.3, 0.4) is 0 Å². The maximum Gasteiger partial charge on any atom is 0.242 e. The molecule has 0 amide bonds. The maximum absolute atomic E-state index is 6.16. The fraction of sp³-hybridized carbons (Fsp3) is 0.591. The molecule has 2 aromatic rings. The number of rotatable bonds is 7. The van der Waals surface area contributed by atoms with Crippen LogP contribution in [0.2, 0.25) is 0 Å². The summed E-state index contributed by atoms with van der Waals surface area (Å²) in [6, 6.07) is 4.03. The van der Waals surface area contributed by atoms with Gasteiger partial charge in [-0.05, 0) is 63.6 Å². The van der Waals surface area contributed by atoms with Crippen molar-refractivity contribution in [1.29, 1.82) is 0 Å². The molecule has 0 atom stereocenters. The Morgan fingerprint density at radius 2 is 1.82 bits per heavy atom. The van der Waals surface area contributed by atoms with E-state index in [2.05, 4.69) is 28.2 Å². The van der Waals surface area contributed by atoms with Gasteiger partial charge in [0.05, 0.1) is 23.7 Å². The third kappa shape index (κ3) is 4.67. The van der Waals surface area contributed by atoms with Crippen molar-refractivity contribution in [1.82, 2.24) is 25.2 Å². The lowest BCUT2D eigenvalue weighted by atomic mass is 10.00. The standard InChI is InChI=1S/C22H31N5O/c1-17-7-6-10-24-20(17)21-22(26-19-9-3-2-8-18(19)25-21)28-16-5-4-13-27-14-11-23-12-15-27/h6-7,10,23H,2-5,8-9,11-16H2,1H3. The average molecular weight is 382 g/mol. The molecule has 0 unspecified atom stereocenters. The average Bonchev–Trinajstić information content (AvgIpc) is 2.74. The highest BCUT2D eigenvalue weighted by atomic mass is 16.5. The van der Waals surface area contributed by atoms with Crippen LogP contribution in [-0.4, -0.2) is 59.2 Å². The molecule has 1 fully saturated rings. The fourth-order valence-electron chi connectivity index (χ4n) is 4.00. The van der Waals surface area contributed by atoms with Gasteiger partial charge in [0.25, 0.3) is 0 Å². The lowest BCUT2D eigenvalue weighted by molar-refractivity contribution is 0.224. The number of ether oxygens (including phenoxy) is 1. The Labute approximate surface area is 167 Å². The topological polar surface area (TPSA) is 63.2 Å². The van der Waals surface area contributed by atoms with Gasteiger partial charge in [-0.2, -0.15) is 0 Å². The van der Waals surface area contributed by atoms with Crippen LogP contribution in [0, 0.1) is 6.92 Å². The molecule has 0 radical (unpaired) electrons. The van der Waals surface area contributed by atoms with Gasteiger partial charge in [-0.25, -0.2) is 9.97 Å². The summed E-state index contributed by atoms with van der Waals surface area (Å²) in [4.78, 5) is 16.9. The zero-order valence-corrected chi connectivity index (χ0v) is 16.9. The SMILES string of the molecule is Cc1cccnc1-c1nc2c(nc1OCCCCN1CCNCC1)CCCC2. The molecule has 2 aliphatic rings. The van der Waals surface area contributed by atoms with Gasteiger partial charge in [0, 0.05) is 32.4 Å². The number of aryl methyl sites for hydroxylation is 3. The normalized spacial score (nSPS) is 17.3. The number of unbranched alkanes of at least 4 members (excludes halogenated alkanes) is 1. The van der Waals surface area contributed by atoms with E-state index in [-0.39, 0.29) is 0 Å². The lowest BCUT2D eigenvalue weighted by Gasteiger charge is -2.27. The van der Waals surface area contributed by atoms with Gasteiger partial charge in [0.2, 0.25) is 5.88 Å². The molecule has 1 aliphatic carbocycles. The second-order valence-electron chi connectivity index (χ2n) is 7.79. The Hall–Kier alpha value is -2.05. The third-order valence-electron chi connectivity index (χ3n) is 5.65. The highest BCUT2D eigenvalue weighted by Gasteiger charge is 2.20. The number of piperazine rings is 1. The van der Waals surface area contributed by atoms with Crippen LogP contribution in [0.15, 0.2) is 18.3 Å². The van der Waals surface area contributed by atoms with Crippen molar-refractivity contribution >= 4 is 0 Å². The van der Waals surface area contributed by atoms with E-state index >= 15 is 0 Å². The molecule has 1 aliphatic heterocycles. The highest BCUT2D eigenvalue weighted by Crippen LogP contribution is 2.31. The Morgan fingerprint density at radius 3 is 2.61 bits per heavy atom. The van der Waals surface area contributed by atoms with Crippen molar-refractivity contribution in [2.24, 2.45) is 0 Å². The molecule has 2 aromatic heterocycles. The Kier molecular flexibility index (Phi) is 6.49. The van der Waals surface area contributed by atoms with E-state index in [9.17, 15) is 0 Å². The first-order valence-electron chi connectivity index (χ1n) is 10.7. The second-order valence-corrected chi connectivity index (χ2v) is 7.79. The number of aromatic nitrogens is 3. The summed E-state index contributed by atoms with van der Waals surface area (Å²) in [5, 5.41) is 3.40. The van der Waals surface area contributed by atoms with Crippen LogP contribution in [0.4, 0.5) is 0 Å². The first kappa shape index (κ1) is 19.3. The van der Waals surface area contributed by atoms with Crippen LogP contribution >= 0.6 is 0 Å². The van der Waals surface area contributed by atoms with Crippen molar-refractivity contribution < 1.29 is 4.74 Å². The molecule has 4 rings (SSSR count). The van der Waals surface area contributed by atoms with Gasteiger partial charge in [0.1, 0.15) is 0 Å². The molecule has 1 saturated heterocycles. The smallest absolute Gasteiger partial charge is 0.242 e. The summed E-state index contributed by atoms with van der Waals surface area (Å²) < 4.78 is 6.16. The van der Waals surface area contributed by atoms with Crippen LogP contribution in [-0.2, 0) is 12.8 Å². The number of fused-ring (bicyclic) bond motifs is 1. The molecule has 3 heterocycles. The minimum Gasteiger partial charge on any atom is -0.476 e. The van der Waals surface area contributed by atoms with E-state index in [1.807, 2.05) is 12.3 Å². The second kappa shape index (κ2) is 9.43. The first-order valence-corrected chi connectivity index (χ1v) is 10.7. The summed E-state index contributed by atoms with van der Waals surface area (Å²) in [6.07, 6.45) is 8.39. The Bertz CT molecular complexity index is 788. The van der Waals surface area contributed by atoms with E-state index in [0.29, 0.717) is 12.5 Å². The Morgan fingerprint density at radius 1 is 1.04 bits per heavy atom. The fourth-order valence-corrected chi connectivity index (χ4v) is 4.00. The van der Waals surface area contributed by atoms with E-state index in [4.69, 9.17) is 14.7 Å². The van der Waals surface area contributed by atoms with Gasteiger partial charge in [0.15, 0.2) is 5.69 Å². The molecular formula is C22H31N5O. The van der Waals surface area contributed by atoms with Crippen molar-refractivity contribution in [3.8, 4) is 17.3 Å². The molecule has 0 bridgehead atoms. The zero-order chi connectivity index (χ0) is 19.2. The number of hydrogen-bond acceptors (Lipinski definition) is 6. The minimum atomic E-state index is 0.657.